The molecule has 1 aromatic rings. The predicted octanol–water partition coefficient (Wildman–Crippen LogP) is 5.85. The molecular weight excluding hydrogens is 381 g/mol. The molecule has 150 valence electrons. The fraction of sp³-hybridized carbons (Fsp3) is 0.550. The summed E-state index contributed by atoms with van der Waals surface area (Å²) in [5.41, 5.74) is -1.99. The van der Waals surface area contributed by atoms with Gasteiger partial charge in [-0.15, -0.1) is 0 Å². The van der Waals surface area contributed by atoms with E-state index in [0.29, 0.717) is 19.4 Å². The van der Waals surface area contributed by atoms with Gasteiger partial charge < -0.3 is 9.84 Å². The van der Waals surface area contributed by atoms with Gasteiger partial charge in [0, 0.05) is 11.0 Å². The Bertz CT molecular complexity index is 750. The number of carboxylic acid groups (broad SMARTS) is 1. The van der Waals surface area contributed by atoms with Crippen LogP contribution in [0, 0.1) is 5.92 Å². The summed E-state index contributed by atoms with van der Waals surface area (Å²) in [6.07, 6.45) is -2.13. The molecule has 0 fully saturated rings. The Morgan fingerprint density at radius 2 is 1.96 bits per heavy atom. The summed E-state index contributed by atoms with van der Waals surface area (Å²) in [6, 6.07) is 3.62. The van der Waals surface area contributed by atoms with Gasteiger partial charge in [-0.3, -0.25) is 0 Å². The average molecular weight is 405 g/mol. The van der Waals surface area contributed by atoms with Crippen molar-refractivity contribution in [1.29, 1.82) is 0 Å². The molecule has 0 saturated carbocycles. The fourth-order valence-corrected chi connectivity index (χ4v) is 3.68. The van der Waals surface area contributed by atoms with Gasteiger partial charge in [-0.05, 0) is 57.2 Å². The van der Waals surface area contributed by atoms with E-state index >= 15 is 0 Å². The molecule has 2 rings (SSSR count). The van der Waals surface area contributed by atoms with Crippen LogP contribution in [0.1, 0.15) is 51.7 Å². The molecule has 1 aliphatic carbocycles. The van der Waals surface area contributed by atoms with Gasteiger partial charge in [-0.1, -0.05) is 30.7 Å². The van der Waals surface area contributed by atoms with E-state index in [1.54, 1.807) is 13.0 Å². The first-order valence-electron chi connectivity index (χ1n) is 8.69. The molecule has 7 heteroatoms. The fourth-order valence-electron chi connectivity index (χ4n) is 3.46. The van der Waals surface area contributed by atoms with Crippen molar-refractivity contribution in [3.63, 3.8) is 0 Å². The van der Waals surface area contributed by atoms with Crippen LogP contribution in [-0.2, 0) is 21.1 Å². The van der Waals surface area contributed by atoms with E-state index in [4.69, 9.17) is 16.3 Å². The van der Waals surface area contributed by atoms with Crippen LogP contribution in [0.2, 0.25) is 5.02 Å². The number of benzene rings is 1. The van der Waals surface area contributed by atoms with Crippen molar-refractivity contribution in [2.24, 2.45) is 5.92 Å². The average Bonchev–Trinajstić information content (AvgIpc) is 2.51. The molecule has 0 saturated heterocycles. The predicted molar refractivity (Wildman–Crippen MR) is 98.0 cm³/mol. The minimum atomic E-state index is -4.61. The number of allylic oxidation sites excluding steroid dienone is 1. The van der Waals surface area contributed by atoms with Gasteiger partial charge in [-0.25, -0.2) is 4.79 Å². The highest BCUT2D eigenvalue weighted by Crippen LogP contribution is 2.45. The van der Waals surface area contributed by atoms with E-state index in [1.807, 2.05) is 20.8 Å². The monoisotopic (exact) mass is 404 g/mol. The zero-order chi connectivity index (χ0) is 20.6. The lowest BCUT2D eigenvalue weighted by molar-refractivity contribution is -0.137. The SMILES string of the molecule is CC(C)(C)OC[C@H]1CC=C(C(=O)O)[C@](C)(c2ccc(Cl)c(C(F)(F)F)c2)C1. The smallest absolute Gasteiger partial charge is 0.417 e. The van der Waals surface area contributed by atoms with Gasteiger partial charge in [0.05, 0.1) is 22.8 Å². The van der Waals surface area contributed by atoms with Gasteiger partial charge in [0.25, 0.3) is 0 Å². The second-order valence-electron chi connectivity index (χ2n) is 8.18. The summed E-state index contributed by atoms with van der Waals surface area (Å²) in [4.78, 5) is 11.8. The van der Waals surface area contributed by atoms with E-state index in [2.05, 4.69) is 0 Å². The highest BCUT2D eigenvalue weighted by atomic mass is 35.5. The second-order valence-corrected chi connectivity index (χ2v) is 8.58. The summed E-state index contributed by atoms with van der Waals surface area (Å²) in [6.45, 7) is 7.83. The molecule has 3 nitrogen and oxygen atoms in total. The molecule has 0 radical (unpaired) electrons. The third-order valence-corrected chi connectivity index (χ3v) is 5.17. The number of carboxylic acids is 1. The molecule has 27 heavy (non-hydrogen) atoms. The summed E-state index contributed by atoms with van der Waals surface area (Å²) in [5, 5.41) is 9.21. The van der Waals surface area contributed by atoms with Gasteiger partial charge >= 0.3 is 12.1 Å². The van der Waals surface area contributed by atoms with Crippen molar-refractivity contribution in [1.82, 2.24) is 0 Å². The van der Waals surface area contributed by atoms with Crippen LogP contribution in [0.5, 0.6) is 0 Å². The van der Waals surface area contributed by atoms with Crippen molar-refractivity contribution in [2.45, 2.75) is 57.7 Å². The Morgan fingerprint density at radius 3 is 2.48 bits per heavy atom. The molecule has 0 spiro atoms. The van der Waals surface area contributed by atoms with Gasteiger partial charge in [0.2, 0.25) is 0 Å². The lowest BCUT2D eigenvalue weighted by Crippen LogP contribution is -2.37. The van der Waals surface area contributed by atoms with Crippen molar-refractivity contribution >= 4 is 17.6 Å². The number of hydrogen-bond donors (Lipinski definition) is 1. The van der Waals surface area contributed by atoms with Crippen LogP contribution in [0.3, 0.4) is 0 Å². The summed E-state index contributed by atoms with van der Waals surface area (Å²) < 4.78 is 45.6. The number of alkyl halides is 3. The lowest BCUT2D eigenvalue weighted by Gasteiger charge is -2.39. The lowest BCUT2D eigenvalue weighted by atomic mass is 9.66. The number of carbonyl (C=O) groups is 1. The van der Waals surface area contributed by atoms with E-state index in [1.165, 1.54) is 12.1 Å². The largest absolute Gasteiger partial charge is 0.478 e. The topological polar surface area (TPSA) is 46.5 Å². The maximum absolute atomic E-state index is 13.3. The van der Waals surface area contributed by atoms with Crippen LogP contribution in [0.15, 0.2) is 29.8 Å². The minimum absolute atomic E-state index is 0.00217. The second kappa shape index (κ2) is 7.47. The molecule has 0 aliphatic heterocycles. The van der Waals surface area contributed by atoms with Crippen LogP contribution in [0.25, 0.3) is 0 Å². The Hall–Kier alpha value is -1.53. The van der Waals surface area contributed by atoms with E-state index in [9.17, 15) is 23.1 Å². The minimum Gasteiger partial charge on any atom is -0.478 e. The zero-order valence-electron chi connectivity index (χ0n) is 15.8. The maximum Gasteiger partial charge on any atom is 0.417 e. The van der Waals surface area contributed by atoms with E-state index in [0.717, 1.165) is 6.07 Å². The number of rotatable bonds is 4. The van der Waals surface area contributed by atoms with Crippen LogP contribution in [-0.4, -0.2) is 23.3 Å². The van der Waals surface area contributed by atoms with Crippen LogP contribution in [0.4, 0.5) is 13.2 Å². The van der Waals surface area contributed by atoms with Gasteiger partial charge in [-0.2, -0.15) is 13.2 Å². The first-order chi connectivity index (χ1) is 12.2. The quantitative estimate of drug-likeness (QED) is 0.684. The number of ether oxygens (including phenoxy) is 1. The first kappa shape index (κ1) is 21.8. The Morgan fingerprint density at radius 1 is 1.33 bits per heavy atom. The molecule has 0 aromatic heterocycles. The van der Waals surface area contributed by atoms with E-state index in [-0.39, 0.29) is 22.7 Å². The molecule has 1 aliphatic rings. The maximum atomic E-state index is 13.3. The highest BCUT2D eigenvalue weighted by molar-refractivity contribution is 6.31. The normalized spacial score (nSPS) is 23.9. The molecule has 2 atom stereocenters. The number of halogens is 4. The first-order valence-corrected chi connectivity index (χ1v) is 9.07. The number of aliphatic carboxylic acids is 1. The molecule has 0 unspecified atom stereocenters. The van der Waals surface area contributed by atoms with Gasteiger partial charge in [0.1, 0.15) is 0 Å². The van der Waals surface area contributed by atoms with Crippen LogP contribution >= 0.6 is 11.6 Å². The molecule has 1 N–H and O–H groups in total. The zero-order valence-corrected chi connectivity index (χ0v) is 16.5. The summed E-state index contributed by atoms with van der Waals surface area (Å²) >= 11 is 5.72. The van der Waals surface area contributed by atoms with Gasteiger partial charge in [0.15, 0.2) is 0 Å². The molecule has 0 bridgehead atoms. The Kier molecular flexibility index (Phi) is 6.02. The molecule has 0 amide bonds. The third-order valence-electron chi connectivity index (χ3n) is 4.84. The Labute approximate surface area is 162 Å². The summed E-state index contributed by atoms with van der Waals surface area (Å²) in [7, 11) is 0. The third kappa shape index (κ3) is 5.05. The van der Waals surface area contributed by atoms with Crippen molar-refractivity contribution < 1.29 is 27.8 Å². The molecule has 0 heterocycles. The van der Waals surface area contributed by atoms with Crippen molar-refractivity contribution in [3.8, 4) is 0 Å². The molecule has 1 aromatic carbocycles. The number of hydrogen-bond acceptors (Lipinski definition) is 2. The van der Waals surface area contributed by atoms with Crippen molar-refractivity contribution in [3.05, 3.63) is 46.0 Å². The highest BCUT2D eigenvalue weighted by Gasteiger charge is 2.42. The summed E-state index contributed by atoms with van der Waals surface area (Å²) in [5.74, 6) is -1.13. The van der Waals surface area contributed by atoms with Crippen molar-refractivity contribution in [2.75, 3.05) is 6.61 Å². The Balaban J connectivity index is 2.45. The standard InChI is InChI=1S/C20H24ClF3O3/c1-18(2,3)27-11-12-5-7-14(17(25)26)19(4,10-12)13-6-8-16(21)15(9-13)20(22,23)24/h6-9,12H,5,10-11H2,1-4H3,(H,25,26)/t12-,19-/m0/s1. The van der Waals surface area contributed by atoms with E-state index < -0.39 is 28.1 Å². The molecular formula is C20H24ClF3O3. The van der Waals surface area contributed by atoms with Crippen LogP contribution < -0.4 is 0 Å².